The Labute approximate surface area is 319 Å². The van der Waals surface area contributed by atoms with Gasteiger partial charge in [0.2, 0.25) is 0 Å². The van der Waals surface area contributed by atoms with Crippen LogP contribution in [0.5, 0.6) is 0 Å². The summed E-state index contributed by atoms with van der Waals surface area (Å²) in [4.78, 5) is 32.6. The summed E-state index contributed by atoms with van der Waals surface area (Å²) in [5.74, 6) is 0.0361. The van der Waals surface area contributed by atoms with Gasteiger partial charge in [0.05, 0.1) is 36.4 Å². The number of hydrogen-bond donors (Lipinski definition) is 3. The lowest BCUT2D eigenvalue weighted by molar-refractivity contribution is -0.122. The summed E-state index contributed by atoms with van der Waals surface area (Å²) in [6, 6.07) is 5.65. The molecular weight excluding hydrogens is 734 g/mol. The summed E-state index contributed by atoms with van der Waals surface area (Å²) < 4.78 is 39.0. The fraction of sp³-hybridized carbons (Fsp3) is 0.625. The van der Waals surface area contributed by atoms with Crippen LogP contribution in [-0.2, 0) is 14.3 Å². The number of anilines is 1. The molecule has 0 saturated carbocycles. The van der Waals surface area contributed by atoms with Gasteiger partial charge in [-0.2, -0.15) is 0 Å². The van der Waals surface area contributed by atoms with E-state index in [9.17, 15) is 13.6 Å². The van der Waals surface area contributed by atoms with E-state index >= 15 is 0 Å². The SMILES string of the molecule is C=C(/C=C(\N=C(C(F)F)C(C)CC)c1ccc[nH]1)C(C)CC.CC.CC1N(c2cc(Br)c[nH]c2=O)CCOC12CCOC2.CCCCCC.O=CO. The van der Waals surface area contributed by atoms with Crippen LogP contribution in [0.1, 0.15) is 113 Å². The first-order valence-corrected chi connectivity index (χ1v) is 19.5. The van der Waals surface area contributed by atoms with Crippen LogP contribution in [0.4, 0.5) is 14.5 Å². The first-order chi connectivity index (χ1) is 24.9. The maximum atomic E-state index is 13.3. The number of pyridine rings is 1. The molecule has 4 unspecified atom stereocenters. The standard InChI is InChI=1S/C18H26F2N2.C13H17BrN2O3.C6H14.C2H6.CH2O2/c1-6-12(3)14(5)11-16(15-9-8-10-21-15)22-17(18(19)20)13(4)7-2;1-9-13(2-4-18-8-13)19-5-3-16(9)11-6-10(14)7-15-12(11)17;1-3-5-6-4-2;1-2;2-1-3/h8-13,18,21H,5-7H2,1-4H3;6-7,9H,2-5,8H2,1H3,(H,15,17);3-6H2,1-2H3;1-2H3;1H,(H,2,3)/b16-11-,22-17?;;;;. The number of carboxylic acid groups (broad SMARTS) is 1. The number of allylic oxidation sites excluding steroid dienone is 2. The van der Waals surface area contributed by atoms with E-state index in [-0.39, 0.29) is 35.3 Å². The minimum absolute atomic E-state index is 0.0639. The summed E-state index contributed by atoms with van der Waals surface area (Å²) in [6.07, 6.45) is 10.7. The number of rotatable bonds is 12. The zero-order valence-corrected chi connectivity index (χ0v) is 34.5. The Kier molecular flexibility index (Phi) is 25.9. The second-order valence-corrected chi connectivity index (χ2v) is 13.5. The topological polar surface area (TPSA) is 120 Å². The molecule has 0 bridgehead atoms. The number of aromatic amines is 2. The van der Waals surface area contributed by atoms with Crippen LogP contribution in [0, 0.1) is 11.8 Å². The summed E-state index contributed by atoms with van der Waals surface area (Å²) in [5.41, 5.74) is 2.43. The number of carbonyl (C=O) groups is 1. The van der Waals surface area contributed by atoms with Gasteiger partial charge in [0.25, 0.3) is 18.5 Å². The number of nitrogens with one attached hydrogen (secondary N) is 2. The molecule has 0 aliphatic carbocycles. The number of nitrogens with zero attached hydrogens (tertiary/aromatic N) is 2. The zero-order valence-electron chi connectivity index (χ0n) is 32.9. The predicted molar refractivity (Wildman–Crippen MR) is 216 cm³/mol. The van der Waals surface area contributed by atoms with Crippen molar-refractivity contribution < 1.29 is 28.2 Å². The van der Waals surface area contributed by atoms with Crippen LogP contribution >= 0.6 is 15.9 Å². The molecule has 4 rings (SSSR count). The van der Waals surface area contributed by atoms with Gasteiger partial charge in [-0.05, 0) is 71.8 Å². The molecule has 3 N–H and O–H groups in total. The molecule has 2 aliphatic rings. The summed E-state index contributed by atoms with van der Waals surface area (Å²) in [7, 11) is 0. The molecule has 1 spiro atoms. The first kappa shape index (κ1) is 48.9. The molecule has 4 atom stereocenters. The fourth-order valence-electron chi connectivity index (χ4n) is 5.40. The lowest BCUT2D eigenvalue weighted by Gasteiger charge is -2.46. The van der Waals surface area contributed by atoms with E-state index in [0.29, 0.717) is 36.9 Å². The summed E-state index contributed by atoms with van der Waals surface area (Å²) >= 11 is 3.41. The maximum Gasteiger partial charge on any atom is 0.290 e. The molecule has 0 radical (unpaired) electrons. The molecule has 2 aromatic heterocycles. The Morgan fingerprint density at radius 1 is 1.13 bits per heavy atom. The van der Waals surface area contributed by atoms with Gasteiger partial charge in [-0.1, -0.05) is 93.2 Å². The van der Waals surface area contributed by atoms with Crippen molar-refractivity contribution in [3.05, 3.63) is 69.3 Å². The molecule has 2 saturated heterocycles. The van der Waals surface area contributed by atoms with Crippen molar-refractivity contribution >= 4 is 39.5 Å². The van der Waals surface area contributed by atoms with Crippen molar-refractivity contribution in [3.8, 4) is 0 Å². The number of H-pyrrole nitrogens is 2. The van der Waals surface area contributed by atoms with Crippen LogP contribution in [0.25, 0.3) is 5.70 Å². The van der Waals surface area contributed by atoms with Crippen molar-refractivity contribution in [2.24, 2.45) is 16.8 Å². The van der Waals surface area contributed by atoms with Crippen molar-refractivity contribution in [1.82, 2.24) is 9.97 Å². The highest BCUT2D eigenvalue weighted by molar-refractivity contribution is 9.10. The van der Waals surface area contributed by atoms with Crippen LogP contribution in [0.15, 0.2) is 63.1 Å². The zero-order chi connectivity index (χ0) is 39.7. The molecule has 2 aromatic rings. The van der Waals surface area contributed by atoms with Crippen molar-refractivity contribution in [3.63, 3.8) is 0 Å². The van der Waals surface area contributed by atoms with E-state index in [4.69, 9.17) is 19.4 Å². The predicted octanol–water partition coefficient (Wildman–Crippen LogP) is 10.5. The molecule has 4 heterocycles. The van der Waals surface area contributed by atoms with Gasteiger partial charge in [0, 0.05) is 36.4 Å². The average molecular weight is 800 g/mol. The number of hydrogen-bond acceptors (Lipinski definition) is 6. The second-order valence-electron chi connectivity index (χ2n) is 12.6. The van der Waals surface area contributed by atoms with Crippen LogP contribution in [0.2, 0.25) is 0 Å². The summed E-state index contributed by atoms with van der Waals surface area (Å²) in [6.45, 7) is 24.9. The molecule has 9 nitrogen and oxygen atoms in total. The average Bonchev–Trinajstić information content (AvgIpc) is 3.86. The third-order valence-corrected chi connectivity index (χ3v) is 9.57. The summed E-state index contributed by atoms with van der Waals surface area (Å²) in [5, 5.41) is 6.89. The van der Waals surface area contributed by atoms with E-state index in [1.165, 1.54) is 25.7 Å². The highest BCUT2D eigenvalue weighted by atomic mass is 79.9. The van der Waals surface area contributed by atoms with Gasteiger partial charge < -0.3 is 29.4 Å². The van der Waals surface area contributed by atoms with E-state index in [1.54, 1.807) is 19.3 Å². The Bertz CT molecular complexity index is 1370. The molecule has 296 valence electrons. The fourth-order valence-corrected chi connectivity index (χ4v) is 5.73. The van der Waals surface area contributed by atoms with Crippen molar-refractivity contribution in [1.29, 1.82) is 0 Å². The monoisotopic (exact) mass is 798 g/mol. The number of ether oxygens (including phenoxy) is 2. The second kappa shape index (κ2) is 27.5. The Balaban J connectivity index is 0.000000785. The minimum atomic E-state index is -2.55. The molecule has 0 aromatic carbocycles. The van der Waals surface area contributed by atoms with E-state index in [2.05, 4.69) is 77.0 Å². The minimum Gasteiger partial charge on any atom is -0.483 e. The third kappa shape index (κ3) is 16.3. The number of halogens is 3. The van der Waals surface area contributed by atoms with Gasteiger partial charge in [-0.15, -0.1) is 0 Å². The first-order valence-electron chi connectivity index (χ1n) is 18.7. The Hall–Kier alpha value is -3.09. The number of morpholine rings is 1. The van der Waals surface area contributed by atoms with Crippen LogP contribution < -0.4 is 10.5 Å². The quantitative estimate of drug-likeness (QED) is 0.0851. The number of alkyl halides is 2. The molecule has 2 aliphatic heterocycles. The van der Waals surface area contributed by atoms with Crippen LogP contribution in [0.3, 0.4) is 0 Å². The number of aliphatic imine (C=N–C) groups is 1. The van der Waals surface area contributed by atoms with Gasteiger partial charge in [-0.25, -0.2) is 13.8 Å². The van der Waals surface area contributed by atoms with Crippen LogP contribution in [-0.4, -0.2) is 71.7 Å². The maximum absolute atomic E-state index is 13.3. The third-order valence-electron chi connectivity index (χ3n) is 9.11. The Morgan fingerprint density at radius 2 is 1.75 bits per heavy atom. The van der Waals surface area contributed by atoms with Gasteiger partial charge >= 0.3 is 0 Å². The van der Waals surface area contributed by atoms with Gasteiger partial charge in [-0.3, -0.25) is 9.59 Å². The van der Waals surface area contributed by atoms with E-state index in [0.717, 1.165) is 41.7 Å². The molecule has 0 amide bonds. The van der Waals surface area contributed by atoms with Crippen molar-refractivity contribution in [2.75, 3.05) is 31.3 Å². The lowest BCUT2D eigenvalue weighted by atomic mass is 9.91. The largest absolute Gasteiger partial charge is 0.483 e. The molecule has 12 heteroatoms. The number of unbranched alkanes of at least 4 members (excludes halogenated alkanes) is 3. The molecule has 52 heavy (non-hydrogen) atoms. The lowest BCUT2D eigenvalue weighted by Crippen LogP contribution is -2.60. The van der Waals surface area contributed by atoms with E-state index < -0.39 is 6.43 Å². The van der Waals surface area contributed by atoms with E-state index in [1.807, 2.05) is 45.0 Å². The molecular formula is C40H65BrF2N4O5. The normalized spacial score (nSPS) is 19.5. The van der Waals surface area contributed by atoms with Gasteiger partial charge in [0.1, 0.15) is 11.3 Å². The smallest absolute Gasteiger partial charge is 0.290 e. The molecule has 2 fully saturated rings. The Morgan fingerprint density at radius 3 is 2.23 bits per heavy atom. The van der Waals surface area contributed by atoms with Gasteiger partial charge in [0.15, 0.2) is 0 Å². The highest BCUT2D eigenvalue weighted by Gasteiger charge is 2.47. The van der Waals surface area contributed by atoms with Crippen molar-refractivity contribution in [2.45, 2.75) is 125 Å². The highest BCUT2D eigenvalue weighted by Crippen LogP contribution is 2.35. The number of aromatic nitrogens is 2.